The van der Waals surface area contributed by atoms with E-state index in [1.807, 2.05) is 0 Å². The molecule has 7 heteroatoms. The lowest BCUT2D eigenvalue weighted by molar-refractivity contribution is -0.0329. The van der Waals surface area contributed by atoms with Gasteiger partial charge in [-0.1, -0.05) is 15.9 Å². The normalized spacial score (nSPS) is 11.7. The molecule has 0 amide bonds. The SMILES string of the molecule is FC(F)(F)Sc1ccc(CBr)nn1. The maximum Gasteiger partial charge on any atom is 0.447 e. The topological polar surface area (TPSA) is 25.8 Å². The van der Waals surface area contributed by atoms with Crippen LogP contribution >= 0.6 is 27.7 Å². The summed E-state index contributed by atoms with van der Waals surface area (Å²) in [4.78, 5) is 0. The molecular formula is C6H4BrF3N2S. The Balaban J connectivity index is 2.70. The van der Waals surface area contributed by atoms with Gasteiger partial charge in [0, 0.05) is 17.1 Å². The number of hydrogen-bond donors (Lipinski definition) is 0. The van der Waals surface area contributed by atoms with Gasteiger partial charge in [0.25, 0.3) is 0 Å². The smallest absolute Gasteiger partial charge is 0.160 e. The molecule has 0 radical (unpaired) electrons. The average molecular weight is 273 g/mol. The molecule has 1 rings (SSSR count). The van der Waals surface area contributed by atoms with Crippen LogP contribution in [0.4, 0.5) is 13.2 Å². The minimum absolute atomic E-state index is 0.141. The Morgan fingerprint density at radius 1 is 1.31 bits per heavy atom. The van der Waals surface area contributed by atoms with Gasteiger partial charge in [0.1, 0.15) is 5.03 Å². The maximum atomic E-state index is 11.8. The van der Waals surface area contributed by atoms with Gasteiger partial charge in [-0.3, -0.25) is 0 Å². The number of alkyl halides is 4. The van der Waals surface area contributed by atoms with Crippen molar-refractivity contribution in [2.45, 2.75) is 15.9 Å². The fourth-order valence-electron chi connectivity index (χ4n) is 0.592. The van der Waals surface area contributed by atoms with Crippen LogP contribution in [-0.2, 0) is 5.33 Å². The third-order valence-corrected chi connectivity index (χ3v) is 2.29. The van der Waals surface area contributed by atoms with Gasteiger partial charge in [0.15, 0.2) is 0 Å². The third-order valence-electron chi connectivity index (χ3n) is 1.05. The molecule has 13 heavy (non-hydrogen) atoms. The molecule has 72 valence electrons. The van der Waals surface area contributed by atoms with E-state index in [-0.39, 0.29) is 16.8 Å². The van der Waals surface area contributed by atoms with E-state index >= 15 is 0 Å². The predicted octanol–water partition coefficient (Wildman–Crippen LogP) is 2.98. The Morgan fingerprint density at radius 2 is 2.00 bits per heavy atom. The Hall–Kier alpha value is -0.300. The van der Waals surface area contributed by atoms with Crippen LogP contribution < -0.4 is 0 Å². The fourth-order valence-corrected chi connectivity index (χ4v) is 1.35. The quantitative estimate of drug-likeness (QED) is 0.612. The fraction of sp³-hybridized carbons (Fsp3) is 0.333. The summed E-state index contributed by atoms with van der Waals surface area (Å²) in [5.41, 5.74) is -3.70. The van der Waals surface area contributed by atoms with Crippen LogP contribution in [0.2, 0.25) is 0 Å². The highest BCUT2D eigenvalue weighted by molar-refractivity contribution is 9.08. The van der Waals surface area contributed by atoms with Crippen LogP contribution in [0.5, 0.6) is 0 Å². The van der Waals surface area contributed by atoms with Gasteiger partial charge in [-0.15, -0.1) is 5.10 Å². The molecule has 1 aromatic heterocycles. The first-order valence-electron chi connectivity index (χ1n) is 3.15. The lowest BCUT2D eigenvalue weighted by atomic mass is 10.4. The molecule has 0 aliphatic carbocycles. The Bertz CT molecular complexity index is 274. The molecule has 0 spiro atoms. The molecule has 0 aliphatic rings. The molecular weight excluding hydrogens is 269 g/mol. The van der Waals surface area contributed by atoms with Crippen molar-refractivity contribution in [3.63, 3.8) is 0 Å². The molecule has 0 fully saturated rings. The Morgan fingerprint density at radius 3 is 2.38 bits per heavy atom. The van der Waals surface area contributed by atoms with Crippen LogP contribution in [0, 0.1) is 0 Å². The van der Waals surface area contributed by atoms with E-state index in [9.17, 15) is 13.2 Å². The van der Waals surface area contributed by atoms with Gasteiger partial charge in [-0.2, -0.15) is 18.3 Å². The summed E-state index contributed by atoms with van der Waals surface area (Å²) in [7, 11) is 0. The first-order chi connectivity index (χ1) is 6.01. The van der Waals surface area contributed by atoms with Crippen LogP contribution in [0.3, 0.4) is 0 Å². The number of halogens is 4. The largest absolute Gasteiger partial charge is 0.447 e. The van der Waals surface area contributed by atoms with Gasteiger partial charge in [0.2, 0.25) is 0 Å². The zero-order valence-electron chi connectivity index (χ0n) is 6.18. The van der Waals surface area contributed by atoms with Crippen LogP contribution in [-0.4, -0.2) is 15.7 Å². The minimum atomic E-state index is -4.30. The first kappa shape index (κ1) is 10.8. The second kappa shape index (κ2) is 4.28. The van der Waals surface area contributed by atoms with E-state index in [1.165, 1.54) is 12.1 Å². The summed E-state index contributed by atoms with van der Waals surface area (Å²) in [5, 5.41) is 7.30. The highest BCUT2D eigenvalue weighted by Gasteiger charge is 2.30. The lowest BCUT2D eigenvalue weighted by Crippen LogP contribution is -2.01. The summed E-state index contributed by atoms with van der Waals surface area (Å²) >= 11 is 2.84. The summed E-state index contributed by atoms with van der Waals surface area (Å²) in [5.74, 6) is 0. The van der Waals surface area contributed by atoms with Crippen molar-refractivity contribution in [1.82, 2.24) is 10.2 Å². The van der Waals surface area contributed by atoms with Crippen molar-refractivity contribution >= 4 is 27.7 Å². The molecule has 0 aliphatic heterocycles. The Labute approximate surface area is 85.1 Å². The van der Waals surface area contributed by atoms with Crippen LogP contribution in [0.1, 0.15) is 5.69 Å². The highest BCUT2D eigenvalue weighted by atomic mass is 79.9. The zero-order valence-corrected chi connectivity index (χ0v) is 8.58. The van der Waals surface area contributed by atoms with Gasteiger partial charge in [0.05, 0.1) is 5.69 Å². The van der Waals surface area contributed by atoms with E-state index in [0.29, 0.717) is 11.0 Å². The van der Waals surface area contributed by atoms with Gasteiger partial charge in [-0.05, 0) is 12.1 Å². The number of nitrogens with zero attached hydrogens (tertiary/aromatic N) is 2. The number of thioether (sulfide) groups is 1. The van der Waals surface area contributed by atoms with Crippen molar-refractivity contribution in [1.29, 1.82) is 0 Å². The maximum absolute atomic E-state index is 11.8. The molecule has 0 N–H and O–H groups in total. The summed E-state index contributed by atoms with van der Waals surface area (Å²) < 4.78 is 35.4. The number of aromatic nitrogens is 2. The summed E-state index contributed by atoms with van der Waals surface area (Å²) in [6, 6.07) is 2.79. The molecule has 1 aromatic rings. The predicted molar refractivity (Wildman–Crippen MR) is 46.6 cm³/mol. The second-order valence-corrected chi connectivity index (χ2v) is 3.69. The Kier molecular flexibility index (Phi) is 3.55. The minimum Gasteiger partial charge on any atom is -0.160 e. The third kappa shape index (κ3) is 3.95. The van der Waals surface area contributed by atoms with Crippen molar-refractivity contribution in [3.05, 3.63) is 17.8 Å². The molecule has 0 unspecified atom stereocenters. The van der Waals surface area contributed by atoms with E-state index in [4.69, 9.17) is 0 Å². The molecule has 1 heterocycles. The van der Waals surface area contributed by atoms with Gasteiger partial charge in [-0.25, -0.2) is 0 Å². The molecule has 0 saturated heterocycles. The van der Waals surface area contributed by atoms with Gasteiger partial charge < -0.3 is 0 Å². The molecule has 0 atom stereocenters. The molecule has 0 aromatic carbocycles. The lowest BCUT2D eigenvalue weighted by Gasteiger charge is -2.03. The van der Waals surface area contributed by atoms with Crippen LogP contribution in [0.25, 0.3) is 0 Å². The summed E-state index contributed by atoms with van der Waals surface area (Å²) in [6.07, 6.45) is 0. The van der Waals surface area contributed by atoms with E-state index < -0.39 is 5.51 Å². The molecule has 0 bridgehead atoms. The van der Waals surface area contributed by atoms with Crippen molar-refractivity contribution in [2.75, 3.05) is 0 Å². The van der Waals surface area contributed by atoms with E-state index in [1.54, 1.807) is 0 Å². The first-order valence-corrected chi connectivity index (χ1v) is 5.09. The van der Waals surface area contributed by atoms with E-state index in [0.717, 1.165) is 0 Å². The highest BCUT2D eigenvalue weighted by Crippen LogP contribution is 2.35. The van der Waals surface area contributed by atoms with Crippen molar-refractivity contribution in [2.24, 2.45) is 0 Å². The van der Waals surface area contributed by atoms with Crippen molar-refractivity contribution < 1.29 is 13.2 Å². The second-order valence-electron chi connectivity index (χ2n) is 2.04. The van der Waals surface area contributed by atoms with Crippen molar-refractivity contribution in [3.8, 4) is 0 Å². The molecule has 0 saturated carbocycles. The summed E-state index contributed by atoms with van der Waals surface area (Å²) in [6.45, 7) is 0. The average Bonchev–Trinajstić information content (AvgIpc) is 2.03. The number of rotatable bonds is 2. The van der Waals surface area contributed by atoms with Gasteiger partial charge >= 0.3 is 5.51 Å². The monoisotopic (exact) mass is 272 g/mol. The zero-order chi connectivity index (χ0) is 9.90. The number of hydrogen-bond acceptors (Lipinski definition) is 3. The van der Waals surface area contributed by atoms with E-state index in [2.05, 4.69) is 26.1 Å². The molecule has 2 nitrogen and oxygen atoms in total. The van der Waals surface area contributed by atoms with Crippen LogP contribution in [0.15, 0.2) is 17.2 Å². The standard InChI is InChI=1S/C6H4BrF3N2S/c7-3-4-1-2-5(12-11-4)13-6(8,9)10/h1-2H,3H2.